The average Bonchev–Trinajstić information content (AvgIpc) is 2.15. The molecule has 1 N–H and O–H groups in total. The zero-order valence-electron chi connectivity index (χ0n) is 10.3. The fourth-order valence-corrected chi connectivity index (χ4v) is 1.40. The number of ether oxygens (including phenoxy) is 1. The Bertz CT molecular complexity index is 154. The number of hydrogen-bond acceptors (Lipinski definition) is 3. The average molecular weight is 238 g/mol. The molecule has 0 heterocycles. The summed E-state index contributed by atoms with van der Waals surface area (Å²) in [5, 5.41) is 3.35. The Morgan fingerprint density at radius 3 is 2.53 bits per heavy atom. The van der Waals surface area contributed by atoms with Crippen molar-refractivity contribution in [2.45, 2.75) is 52.2 Å². The maximum absolute atomic E-state index is 5.77. The Morgan fingerprint density at radius 1 is 1.33 bits per heavy atom. The van der Waals surface area contributed by atoms with Crippen LogP contribution >= 0.6 is 11.9 Å². The second kappa shape index (κ2) is 8.34. The van der Waals surface area contributed by atoms with Gasteiger partial charge in [0.05, 0.1) is 24.1 Å². The lowest BCUT2D eigenvalue weighted by Gasteiger charge is -2.25. The van der Waals surface area contributed by atoms with Gasteiger partial charge in [-0.25, -0.2) is 0 Å². The quantitative estimate of drug-likeness (QED) is 0.669. The SMILES string of the molecule is CCNC(C)CCOC(C)(C)CCOCl. The van der Waals surface area contributed by atoms with Gasteiger partial charge in [0.1, 0.15) is 0 Å². The van der Waals surface area contributed by atoms with Crippen molar-refractivity contribution in [3.8, 4) is 0 Å². The van der Waals surface area contributed by atoms with E-state index in [1.54, 1.807) is 0 Å². The number of rotatable bonds is 9. The van der Waals surface area contributed by atoms with Crippen LogP contribution in [-0.2, 0) is 9.03 Å². The van der Waals surface area contributed by atoms with Gasteiger partial charge in [0.2, 0.25) is 0 Å². The summed E-state index contributed by atoms with van der Waals surface area (Å²) < 4.78 is 10.3. The van der Waals surface area contributed by atoms with E-state index in [1.807, 2.05) is 0 Å². The summed E-state index contributed by atoms with van der Waals surface area (Å²) in [6.07, 6.45) is 1.84. The van der Waals surface area contributed by atoms with Crippen molar-refractivity contribution in [3.63, 3.8) is 0 Å². The van der Waals surface area contributed by atoms with E-state index in [0.717, 1.165) is 26.0 Å². The molecule has 0 aromatic carbocycles. The lowest BCUT2D eigenvalue weighted by Crippen LogP contribution is -2.31. The van der Waals surface area contributed by atoms with Crippen LogP contribution in [0.25, 0.3) is 0 Å². The Morgan fingerprint density at radius 2 is 2.00 bits per heavy atom. The van der Waals surface area contributed by atoms with Crippen LogP contribution < -0.4 is 5.32 Å². The molecule has 0 amide bonds. The molecule has 0 aliphatic rings. The minimum Gasteiger partial charge on any atom is -0.375 e. The first kappa shape index (κ1) is 15.2. The molecule has 92 valence electrons. The minimum atomic E-state index is -0.152. The highest BCUT2D eigenvalue weighted by molar-refractivity contribution is 6.07. The molecule has 1 atom stereocenters. The Kier molecular flexibility index (Phi) is 8.43. The first-order chi connectivity index (χ1) is 7.02. The fraction of sp³-hybridized carbons (Fsp3) is 1.00. The molecule has 0 fully saturated rings. The van der Waals surface area contributed by atoms with Crippen molar-refractivity contribution in [2.75, 3.05) is 19.8 Å². The Hall–Kier alpha value is 0.170. The summed E-state index contributed by atoms with van der Waals surface area (Å²) in [7, 11) is 0. The van der Waals surface area contributed by atoms with Gasteiger partial charge in [0, 0.05) is 19.1 Å². The van der Waals surface area contributed by atoms with E-state index in [-0.39, 0.29) is 5.60 Å². The molecule has 0 radical (unpaired) electrons. The van der Waals surface area contributed by atoms with Gasteiger partial charge in [-0.1, -0.05) is 6.92 Å². The second-order valence-electron chi connectivity index (χ2n) is 4.42. The standard InChI is InChI=1S/C11H24ClNO2/c1-5-13-10(2)6-8-14-11(3,4)7-9-15-12/h10,13H,5-9H2,1-4H3. The normalized spacial score (nSPS) is 14.2. The third kappa shape index (κ3) is 9.12. The predicted octanol–water partition coefficient (Wildman–Crippen LogP) is 2.73. The highest BCUT2D eigenvalue weighted by Gasteiger charge is 2.18. The highest BCUT2D eigenvalue weighted by Crippen LogP contribution is 2.15. The predicted molar refractivity (Wildman–Crippen MR) is 64.2 cm³/mol. The summed E-state index contributed by atoms with van der Waals surface area (Å²) >= 11 is 5.17. The minimum absolute atomic E-state index is 0.152. The van der Waals surface area contributed by atoms with Gasteiger partial charge in [0.25, 0.3) is 0 Å². The van der Waals surface area contributed by atoms with Crippen LogP contribution in [0.3, 0.4) is 0 Å². The molecular weight excluding hydrogens is 214 g/mol. The zero-order valence-corrected chi connectivity index (χ0v) is 11.1. The van der Waals surface area contributed by atoms with Crippen LogP contribution in [0.2, 0.25) is 0 Å². The molecule has 0 rings (SSSR count). The molecule has 0 aromatic heterocycles. The summed E-state index contributed by atoms with van der Waals surface area (Å²) in [4.78, 5) is 0. The van der Waals surface area contributed by atoms with Crippen LogP contribution in [0, 0.1) is 0 Å². The van der Waals surface area contributed by atoms with E-state index in [0.29, 0.717) is 12.6 Å². The molecule has 4 heteroatoms. The molecule has 0 aliphatic carbocycles. The van der Waals surface area contributed by atoms with Crippen LogP contribution in [-0.4, -0.2) is 31.4 Å². The maximum atomic E-state index is 5.77. The van der Waals surface area contributed by atoms with Crippen molar-refractivity contribution >= 4 is 11.9 Å². The first-order valence-corrected chi connectivity index (χ1v) is 5.93. The zero-order chi connectivity index (χ0) is 11.7. The number of nitrogens with one attached hydrogen (secondary N) is 1. The van der Waals surface area contributed by atoms with Gasteiger partial charge in [-0.15, -0.1) is 0 Å². The van der Waals surface area contributed by atoms with Crippen LogP contribution in [0.5, 0.6) is 0 Å². The molecule has 1 unspecified atom stereocenters. The first-order valence-electron chi connectivity index (χ1n) is 5.62. The molecule has 15 heavy (non-hydrogen) atoms. The molecule has 0 saturated carbocycles. The second-order valence-corrected chi connectivity index (χ2v) is 4.64. The largest absolute Gasteiger partial charge is 0.375 e. The molecule has 0 spiro atoms. The third-order valence-corrected chi connectivity index (χ3v) is 2.53. The summed E-state index contributed by atoms with van der Waals surface area (Å²) in [5.74, 6) is 0. The van der Waals surface area contributed by atoms with Crippen molar-refractivity contribution in [2.24, 2.45) is 0 Å². The summed E-state index contributed by atoms with van der Waals surface area (Å²) in [6, 6.07) is 0.509. The lowest BCUT2D eigenvalue weighted by molar-refractivity contribution is -0.0331. The van der Waals surface area contributed by atoms with E-state index in [2.05, 4.69) is 37.3 Å². The topological polar surface area (TPSA) is 30.5 Å². The Labute approximate surface area is 98.6 Å². The number of hydrogen-bond donors (Lipinski definition) is 1. The third-order valence-electron chi connectivity index (χ3n) is 2.38. The lowest BCUT2D eigenvalue weighted by atomic mass is 10.1. The van der Waals surface area contributed by atoms with Gasteiger partial charge >= 0.3 is 0 Å². The van der Waals surface area contributed by atoms with E-state index in [9.17, 15) is 0 Å². The van der Waals surface area contributed by atoms with E-state index < -0.39 is 0 Å². The molecule has 0 bridgehead atoms. The van der Waals surface area contributed by atoms with Gasteiger partial charge < -0.3 is 10.1 Å². The van der Waals surface area contributed by atoms with Crippen molar-refractivity contribution < 1.29 is 9.03 Å². The van der Waals surface area contributed by atoms with E-state index in [1.165, 1.54) is 0 Å². The highest BCUT2D eigenvalue weighted by atomic mass is 35.5. The Balaban J connectivity index is 3.55. The van der Waals surface area contributed by atoms with E-state index in [4.69, 9.17) is 16.6 Å². The molecule has 3 nitrogen and oxygen atoms in total. The molecule has 0 saturated heterocycles. The van der Waals surface area contributed by atoms with Crippen molar-refractivity contribution in [1.82, 2.24) is 5.32 Å². The summed E-state index contributed by atoms with van der Waals surface area (Å²) in [5.41, 5.74) is -0.152. The molecule has 0 aromatic rings. The number of halogens is 1. The van der Waals surface area contributed by atoms with Gasteiger partial charge in [-0.3, -0.25) is 4.29 Å². The summed E-state index contributed by atoms with van der Waals surface area (Å²) in [6.45, 7) is 10.7. The molecular formula is C11H24ClNO2. The van der Waals surface area contributed by atoms with Crippen molar-refractivity contribution in [1.29, 1.82) is 0 Å². The monoisotopic (exact) mass is 237 g/mol. The van der Waals surface area contributed by atoms with Crippen molar-refractivity contribution in [3.05, 3.63) is 0 Å². The van der Waals surface area contributed by atoms with Gasteiger partial charge in [-0.2, -0.15) is 0 Å². The van der Waals surface area contributed by atoms with Crippen LogP contribution in [0.1, 0.15) is 40.5 Å². The smallest absolute Gasteiger partial charge is 0.0709 e. The van der Waals surface area contributed by atoms with Crippen LogP contribution in [0.15, 0.2) is 0 Å². The van der Waals surface area contributed by atoms with Crippen LogP contribution in [0.4, 0.5) is 0 Å². The maximum Gasteiger partial charge on any atom is 0.0709 e. The van der Waals surface area contributed by atoms with Gasteiger partial charge in [-0.05, 0) is 33.7 Å². The fourth-order valence-electron chi connectivity index (χ4n) is 1.32. The van der Waals surface area contributed by atoms with E-state index >= 15 is 0 Å². The molecule has 0 aliphatic heterocycles. The van der Waals surface area contributed by atoms with Gasteiger partial charge in [0.15, 0.2) is 0 Å².